The van der Waals surface area contributed by atoms with Gasteiger partial charge in [0.1, 0.15) is 6.10 Å². The molecule has 1 unspecified atom stereocenters. The third-order valence-corrected chi connectivity index (χ3v) is 8.37. The lowest BCUT2D eigenvalue weighted by molar-refractivity contribution is -0.303. The number of hydrogen-bond donors (Lipinski definition) is 3. The highest BCUT2D eigenvalue weighted by atomic mass is 16.9. The number of benzene rings is 2. The Balaban J connectivity index is 1.23. The molecule has 0 saturated carbocycles. The summed E-state index contributed by atoms with van der Waals surface area (Å²) in [4.78, 5) is 38.8. The molecule has 0 bridgehead atoms. The molecule has 0 radical (unpaired) electrons. The van der Waals surface area contributed by atoms with Gasteiger partial charge in [-0.25, -0.2) is 0 Å². The number of aliphatic carboxylic acids is 1. The van der Waals surface area contributed by atoms with Gasteiger partial charge in [-0.15, -0.1) is 0 Å². The molecule has 0 spiro atoms. The number of esters is 1. The highest BCUT2D eigenvalue weighted by Crippen LogP contribution is 2.46. The van der Waals surface area contributed by atoms with Crippen molar-refractivity contribution in [3.63, 3.8) is 0 Å². The summed E-state index contributed by atoms with van der Waals surface area (Å²) in [5.41, 5.74) is 1.75. The minimum atomic E-state index is -2.25. The zero-order valence-corrected chi connectivity index (χ0v) is 26.5. The molecule has 5 rings (SSSR count). The van der Waals surface area contributed by atoms with Crippen LogP contribution in [0.15, 0.2) is 60.7 Å². The molecule has 2 aromatic carbocycles. The normalized spacial score (nSPS) is 29.1. The number of carboxylic acids is 1. The Kier molecular flexibility index (Phi) is 10.2. The summed E-state index contributed by atoms with van der Waals surface area (Å²) in [6.07, 6.45) is -3.67. The topological polar surface area (TPSA) is 159 Å². The predicted molar refractivity (Wildman–Crippen MR) is 162 cm³/mol. The number of fused-ring (bicyclic) bond motifs is 1. The number of hydrogen-bond acceptors (Lipinski definition) is 10. The van der Waals surface area contributed by atoms with Gasteiger partial charge in [0.15, 0.2) is 30.1 Å². The highest BCUT2D eigenvalue weighted by molar-refractivity contribution is 5.81. The Morgan fingerprint density at radius 3 is 2.04 bits per heavy atom. The minimum Gasteiger partial charge on any atom is -0.481 e. The van der Waals surface area contributed by atoms with Crippen molar-refractivity contribution in [2.24, 2.45) is 11.8 Å². The zero-order chi connectivity index (χ0) is 33.1. The van der Waals surface area contributed by atoms with Gasteiger partial charge in [0, 0.05) is 12.5 Å². The van der Waals surface area contributed by atoms with Gasteiger partial charge in [-0.2, -0.15) is 0 Å². The van der Waals surface area contributed by atoms with Crippen molar-refractivity contribution >= 4 is 17.8 Å². The fourth-order valence-electron chi connectivity index (χ4n) is 6.21. The zero-order valence-electron chi connectivity index (χ0n) is 26.5. The van der Waals surface area contributed by atoms with Crippen LogP contribution >= 0.6 is 0 Å². The van der Waals surface area contributed by atoms with E-state index in [9.17, 15) is 24.6 Å². The van der Waals surface area contributed by atoms with E-state index in [0.29, 0.717) is 6.42 Å². The number of aliphatic hydroxyl groups is 1. The smallest absolute Gasteiger partial charge is 0.310 e. The molecular formula is C34H43NO11. The molecule has 12 heteroatoms. The van der Waals surface area contributed by atoms with Crippen LogP contribution < -0.4 is 5.32 Å². The number of carbonyl (C=O) groups is 3. The largest absolute Gasteiger partial charge is 0.481 e. The minimum absolute atomic E-state index is 0.0842. The summed E-state index contributed by atoms with van der Waals surface area (Å²) in [7, 11) is 0. The predicted octanol–water partition coefficient (Wildman–Crippen LogP) is 2.94. The summed E-state index contributed by atoms with van der Waals surface area (Å²) < 4.78 is 34.7. The van der Waals surface area contributed by atoms with Crippen LogP contribution in [-0.4, -0.2) is 83.2 Å². The van der Waals surface area contributed by atoms with Gasteiger partial charge in [-0.05, 0) is 58.1 Å². The average molecular weight is 642 g/mol. The number of amides is 1. The molecule has 0 aliphatic carbocycles. The molecule has 3 fully saturated rings. The lowest BCUT2D eigenvalue weighted by Gasteiger charge is -2.35. The Hall–Kier alpha value is -3.39. The van der Waals surface area contributed by atoms with E-state index in [4.69, 9.17) is 28.4 Å². The van der Waals surface area contributed by atoms with Gasteiger partial charge in [-0.3, -0.25) is 14.4 Å². The van der Waals surface area contributed by atoms with E-state index in [1.165, 1.54) is 0 Å². The van der Waals surface area contributed by atoms with Crippen molar-refractivity contribution in [3.05, 3.63) is 71.8 Å². The first kappa shape index (κ1) is 34.0. The second kappa shape index (κ2) is 13.8. The van der Waals surface area contributed by atoms with Crippen molar-refractivity contribution in [2.45, 2.75) is 95.3 Å². The van der Waals surface area contributed by atoms with Crippen LogP contribution in [0.25, 0.3) is 0 Å². The van der Waals surface area contributed by atoms with Crippen LogP contribution in [0.2, 0.25) is 0 Å². The van der Waals surface area contributed by atoms with E-state index >= 15 is 0 Å². The van der Waals surface area contributed by atoms with E-state index in [-0.39, 0.29) is 38.3 Å². The summed E-state index contributed by atoms with van der Waals surface area (Å²) in [5, 5.41) is 24.5. The molecule has 3 aliphatic heterocycles. The number of carboxylic acid groups (broad SMARTS) is 1. The van der Waals surface area contributed by atoms with E-state index < -0.39 is 65.7 Å². The number of ether oxygens (including phenoxy) is 6. The van der Waals surface area contributed by atoms with Crippen LogP contribution in [0.3, 0.4) is 0 Å². The average Bonchev–Trinajstić information content (AvgIpc) is 3.60. The first-order valence-corrected chi connectivity index (χ1v) is 15.6. The van der Waals surface area contributed by atoms with Gasteiger partial charge < -0.3 is 44.0 Å². The summed E-state index contributed by atoms with van der Waals surface area (Å²) in [6, 6.07) is 18.6. The van der Waals surface area contributed by atoms with E-state index in [1.807, 2.05) is 60.7 Å². The number of carbonyl (C=O) groups excluding carboxylic acids is 2. The van der Waals surface area contributed by atoms with Gasteiger partial charge in [-0.1, -0.05) is 60.7 Å². The van der Waals surface area contributed by atoms with Gasteiger partial charge >= 0.3 is 11.9 Å². The Morgan fingerprint density at radius 1 is 0.870 bits per heavy atom. The van der Waals surface area contributed by atoms with Crippen LogP contribution in [0.5, 0.6) is 0 Å². The lowest BCUT2D eigenvalue weighted by Crippen LogP contribution is -2.57. The molecule has 2 aromatic rings. The van der Waals surface area contributed by atoms with Crippen molar-refractivity contribution < 1.29 is 53.0 Å². The second-order valence-electron chi connectivity index (χ2n) is 13.0. The first-order valence-electron chi connectivity index (χ1n) is 15.6. The van der Waals surface area contributed by atoms with Gasteiger partial charge in [0.25, 0.3) is 5.79 Å². The molecule has 12 nitrogen and oxygen atoms in total. The number of rotatable bonds is 13. The standard InChI is InChI=1S/C34H43NO11/c1-32(2)41-20-25(43-32)27-34(40,28-31(42-27)46-33(3,4)45-28)44-26(36)15-16-35-29(37)23(17-21-11-7-5-8-12-21)19-24(30(38)39)18-22-13-9-6-10-14-22/h5-14,23-25,27-28,31,40H,15-20H2,1-4H3,(H,35,37)(H,38,39)/t23-,24-,25-,27-,28+,31?,34+/m1/s1. The van der Waals surface area contributed by atoms with Crippen LogP contribution in [-0.2, 0) is 55.6 Å². The van der Waals surface area contributed by atoms with E-state index in [0.717, 1.165) is 11.1 Å². The summed E-state index contributed by atoms with van der Waals surface area (Å²) in [5.74, 6) is -7.93. The maximum absolute atomic E-state index is 13.5. The maximum atomic E-state index is 13.5. The van der Waals surface area contributed by atoms with E-state index in [1.54, 1.807) is 27.7 Å². The summed E-state index contributed by atoms with van der Waals surface area (Å²) in [6.45, 7) is 6.73. The maximum Gasteiger partial charge on any atom is 0.310 e. The molecule has 7 atom stereocenters. The lowest BCUT2D eigenvalue weighted by atomic mass is 9.85. The van der Waals surface area contributed by atoms with Crippen molar-refractivity contribution in [2.75, 3.05) is 13.2 Å². The molecule has 3 saturated heterocycles. The Labute approximate surface area is 268 Å². The molecule has 3 N–H and O–H groups in total. The third-order valence-electron chi connectivity index (χ3n) is 8.37. The molecule has 1 amide bonds. The number of nitrogens with one attached hydrogen (secondary N) is 1. The summed E-state index contributed by atoms with van der Waals surface area (Å²) >= 11 is 0. The molecule has 3 heterocycles. The van der Waals surface area contributed by atoms with Crippen molar-refractivity contribution in [1.82, 2.24) is 5.32 Å². The second-order valence-corrected chi connectivity index (χ2v) is 13.0. The van der Waals surface area contributed by atoms with Gasteiger partial charge in [0.2, 0.25) is 5.91 Å². The van der Waals surface area contributed by atoms with Crippen LogP contribution in [0.4, 0.5) is 0 Å². The van der Waals surface area contributed by atoms with Crippen molar-refractivity contribution in [1.29, 1.82) is 0 Å². The fourth-order valence-corrected chi connectivity index (χ4v) is 6.21. The molecule has 46 heavy (non-hydrogen) atoms. The monoisotopic (exact) mass is 641 g/mol. The quantitative estimate of drug-likeness (QED) is 0.218. The fraction of sp³-hybridized carbons (Fsp3) is 0.559. The molecular weight excluding hydrogens is 598 g/mol. The van der Waals surface area contributed by atoms with Crippen LogP contribution in [0.1, 0.15) is 51.7 Å². The SMILES string of the molecule is CC1(C)OC[C@H]([C@H]2OC3OC(C)(C)O[C@@H]3[C@@]2(O)OC(=O)CCNC(=O)[C@H](Cc2ccccc2)C[C@@H](Cc2ccccc2)C(=O)O)O1. The van der Waals surface area contributed by atoms with Crippen molar-refractivity contribution in [3.8, 4) is 0 Å². The van der Waals surface area contributed by atoms with Crippen LogP contribution in [0, 0.1) is 11.8 Å². The third kappa shape index (κ3) is 8.11. The molecule has 250 valence electrons. The van der Waals surface area contributed by atoms with E-state index in [2.05, 4.69) is 5.32 Å². The molecule has 3 aliphatic rings. The first-order chi connectivity index (χ1) is 21.7. The van der Waals surface area contributed by atoms with Gasteiger partial charge in [0.05, 0.1) is 18.9 Å². The Bertz CT molecular complexity index is 1370. The molecule has 0 aromatic heterocycles. The Morgan fingerprint density at radius 2 is 1.48 bits per heavy atom. The highest BCUT2D eigenvalue weighted by Gasteiger charge is 2.68.